The first-order chi connectivity index (χ1) is 5.69. The van der Waals surface area contributed by atoms with E-state index in [1.54, 1.807) is 6.92 Å². The van der Waals surface area contributed by atoms with Crippen molar-refractivity contribution in [3.63, 3.8) is 0 Å². The number of amides is 1. The molecule has 68 valence electrons. The molecule has 0 fully saturated rings. The Labute approximate surface area is 69.6 Å². The first-order valence-electron chi connectivity index (χ1n) is 3.44. The summed E-state index contributed by atoms with van der Waals surface area (Å²) in [6, 6.07) is 0. The number of nitrogens with zero attached hydrogens (tertiary/aromatic N) is 2. The first-order valence-corrected chi connectivity index (χ1v) is 3.44. The average Bonchev–Trinajstić information content (AvgIpc) is 2.09. The zero-order valence-corrected chi connectivity index (χ0v) is 6.69. The van der Waals surface area contributed by atoms with Crippen LogP contribution in [0.15, 0.2) is 11.8 Å². The van der Waals surface area contributed by atoms with E-state index in [4.69, 9.17) is 10.2 Å². The highest BCUT2D eigenvalue weighted by molar-refractivity contribution is 5.92. The van der Waals surface area contributed by atoms with Crippen LogP contribution in [0.2, 0.25) is 0 Å². The van der Waals surface area contributed by atoms with E-state index in [1.807, 2.05) is 0 Å². The SMILES string of the molecule is CC1=CN(CO)NN(CO)C1=O. The van der Waals surface area contributed by atoms with Gasteiger partial charge >= 0.3 is 0 Å². The average molecular weight is 173 g/mol. The van der Waals surface area contributed by atoms with Crippen LogP contribution in [0.3, 0.4) is 0 Å². The van der Waals surface area contributed by atoms with E-state index in [9.17, 15) is 4.79 Å². The third-order valence-electron chi connectivity index (χ3n) is 1.47. The Hall–Kier alpha value is -1.11. The lowest BCUT2D eigenvalue weighted by molar-refractivity contribution is -0.145. The molecule has 12 heavy (non-hydrogen) atoms. The summed E-state index contributed by atoms with van der Waals surface area (Å²) in [5, 5.41) is 19.7. The predicted octanol–water partition coefficient (Wildman–Crippen LogP) is -1.65. The van der Waals surface area contributed by atoms with Gasteiger partial charge in [-0.15, -0.1) is 5.53 Å². The summed E-state index contributed by atoms with van der Waals surface area (Å²) in [6.07, 6.45) is 1.47. The highest BCUT2D eigenvalue weighted by atomic mass is 16.3. The minimum absolute atomic E-state index is 0.263. The van der Waals surface area contributed by atoms with Crippen molar-refractivity contribution in [3.05, 3.63) is 11.8 Å². The van der Waals surface area contributed by atoms with Gasteiger partial charge in [0.05, 0.1) is 0 Å². The molecule has 1 amide bonds. The highest BCUT2D eigenvalue weighted by Gasteiger charge is 2.21. The summed E-state index contributed by atoms with van der Waals surface area (Å²) in [5.41, 5.74) is 2.93. The summed E-state index contributed by atoms with van der Waals surface area (Å²) in [5.74, 6) is -0.304. The number of carbonyl (C=O) groups is 1. The van der Waals surface area contributed by atoms with Gasteiger partial charge in [-0.05, 0) is 6.92 Å². The molecule has 0 aromatic rings. The Balaban J connectivity index is 2.76. The fourth-order valence-corrected chi connectivity index (χ4v) is 0.899. The molecule has 0 saturated carbocycles. The van der Waals surface area contributed by atoms with E-state index in [-0.39, 0.29) is 12.6 Å². The maximum absolute atomic E-state index is 11.1. The molecule has 1 heterocycles. The van der Waals surface area contributed by atoms with Crippen molar-refractivity contribution < 1.29 is 15.0 Å². The Bertz CT molecular complexity index is 216. The summed E-state index contributed by atoms with van der Waals surface area (Å²) in [6.45, 7) is 0.913. The van der Waals surface area contributed by atoms with Gasteiger partial charge in [-0.2, -0.15) is 0 Å². The number of hydrogen-bond acceptors (Lipinski definition) is 5. The molecular weight excluding hydrogens is 162 g/mol. The fraction of sp³-hybridized carbons (Fsp3) is 0.500. The monoisotopic (exact) mass is 173 g/mol. The van der Waals surface area contributed by atoms with Gasteiger partial charge in [0, 0.05) is 11.8 Å². The van der Waals surface area contributed by atoms with Gasteiger partial charge in [0.1, 0.15) is 13.5 Å². The highest BCUT2D eigenvalue weighted by Crippen LogP contribution is 2.05. The second-order valence-corrected chi connectivity index (χ2v) is 2.40. The van der Waals surface area contributed by atoms with Gasteiger partial charge in [-0.25, -0.2) is 5.01 Å². The number of carbonyl (C=O) groups excluding carboxylic acids is 1. The lowest BCUT2D eigenvalue weighted by atomic mass is 10.3. The van der Waals surface area contributed by atoms with Gasteiger partial charge in [-0.1, -0.05) is 0 Å². The van der Waals surface area contributed by atoms with Gasteiger partial charge in [0.25, 0.3) is 5.91 Å². The smallest absolute Gasteiger partial charge is 0.268 e. The number of aliphatic hydroxyl groups is 2. The molecule has 0 radical (unpaired) electrons. The summed E-state index contributed by atoms with van der Waals surface area (Å²) in [7, 11) is 0. The van der Waals surface area contributed by atoms with Crippen molar-refractivity contribution >= 4 is 5.91 Å². The molecule has 0 unspecified atom stereocenters. The van der Waals surface area contributed by atoms with Gasteiger partial charge in [0.2, 0.25) is 0 Å². The number of rotatable bonds is 2. The van der Waals surface area contributed by atoms with Gasteiger partial charge in [0.15, 0.2) is 0 Å². The number of aliphatic hydroxyl groups excluding tert-OH is 2. The standard InChI is InChI=1S/C6H11N3O3/c1-5-2-8(3-10)7-9(4-11)6(5)12/h2,7,10-11H,3-4H2,1H3. The maximum atomic E-state index is 11.1. The van der Waals surface area contributed by atoms with Crippen LogP contribution in [-0.4, -0.2) is 39.6 Å². The van der Waals surface area contributed by atoms with Crippen LogP contribution in [0.5, 0.6) is 0 Å². The molecule has 0 atom stereocenters. The van der Waals surface area contributed by atoms with E-state index >= 15 is 0 Å². The van der Waals surface area contributed by atoms with Gasteiger partial charge < -0.3 is 10.2 Å². The molecule has 1 rings (SSSR count). The Kier molecular flexibility index (Phi) is 2.64. The maximum Gasteiger partial charge on any atom is 0.268 e. The number of hydrogen-bond donors (Lipinski definition) is 3. The van der Waals surface area contributed by atoms with Crippen molar-refractivity contribution in [2.24, 2.45) is 0 Å². The Morgan fingerprint density at radius 3 is 2.67 bits per heavy atom. The minimum atomic E-state index is -0.430. The molecule has 6 nitrogen and oxygen atoms in total. The van der Waals surface area contributed by atoms with Crippen LogP contribution in [0.4, 0.5) is 0 Å². The fourth-order valence-electron chi connectivity index (χ4n) is 0.899. The molecule has 3 N–H and O–H groups in total. The van der Waals surface area contributed by atoms with Crippen LogP contribution < -0.4 is 5.53 Å². The van der Waals surface area contributed by atoms with Crippen molar-refractivity contribution in [2.45, 2.75) is 6.92 Å². The minimum Gasteiger partial charge on any atom is -0.375 e. The molecule has 0 saturated heterocycles. The molecular formula is C6H11N3O3. The molecule has 0 aromatic heterocycles. The topological polar surface area (TPSA) is 76.0 Å². The molecule has 0 bridgehead atoms. The number of hydrazine groups is 2. The Morgan fingerprint density at radius 2 is 2.17 bits per heavy atom. The molecule has 0 aliphatic carbocycles. The van der Waals surface area contributed by atoms with Crippen LogP contribution in [-0.2, 0) is 4.79 Å². The van der Waals surface area contributed by atoms with E-state index < -0.39 is 6.73 Å². The summed E-state index contributed by atoms with van der Waals surface area (Å²) < 4.78 is 0. The van der Waals surface area contributed by atoms with E-state index in [0.717, 1.165) is 5.01 Å². The summed E-state index contributed by atoms with van der Waals surface area (Å²) in [4.78, 5) is 11.1. The molecule has 1 aliphatic heterocycles. The van der Waals surface area contributed by atoms with Crippen molar-refractivity contribution in [3.8, 4) is 0 Å². The van der Waals surface area contributed by atoms with E-state index in [0.29, 0.717) is 5.57 Å². The van der Waals surface area contributed by atoms with Crippen molar-refractivity contribution in [1.82, 2.24) is 15.6 Å². The van der Waals surface area contributed by atoms with Crippen molar-refractivity contribution in [1.29, 1.82) is 0 Å². The second kappa shape index (κ2) is 3.53. The third-order valence-corrected chi connectivity index (χ3v) is 1.47. The first kappa shape index (κ1) is 8.98. The molecule has 6 heteroatoms. The zero-order chi connectivity index (χ0) is 9.14. The number of nitrogens with one attached hydrogen (secondary N) is 1. The zero-order valence-electron chi connectivity index (χ0n) is 6.69. The molecule has 0 spiro atoms. The Morgan fingerprint density at radius 1 is 1.50 bits per heavy atom. The van der Waals surface area contributed by atoms with Crippen LogP contribution >= 0.6 is 0 Å². The van der Waals surface area contributed by atoms with Crippen LogP contribution in [0.25, 0.3) is 0 Å². The van der Waals surface area contributed by atoms with E-state index in [1.165, 1.54) is 11.2 Å². The van der Waals surface area contributed by atoms with Crippen molar-refractivity contribution in [2.75, 3.05) is 13.5 Å². The van der Waals surface area contributed by atoms with Crippen LogP contribution in [0, 0.1) is 0 Å². The molecule has 0 aromatic carbocycles. The quantitative estimate of drug-likeness (QED) is 0.466. The second-order valence-electron chi connectivity index (χ2n) is 2.40. The lowest BCUT2D eigenvalue weighted by Gasteiger charge is -2.32. The van der Waals surface area contributed by atoms with E-state index in [2.05, 4.69) is 5.53 Å². The largest absolute Gasteiger partial charge is 0.375 e. The molecule has 1 aliphatic rings. The van der Waals surface area contributed by atoms with Gasteiger partial charge in [-0.3, -0.25) is 9.80 Å². The predicted molar refractivity (Wildman–Crippen MR) is 39.7 cm³/mol. The summed E-state index contributed by atoms with van der Waals surface area (Å²) >= 11 is 0. The normalized spacial score (nSPS) is 18.2. The third kappa shape index (κ3) is 1.55. The van der Waals surface area contributed by atoms with Crippen LogP contribution in [0.1, 0.15) is 6.92 Å². The lowest BCUT2D eigenvalue weighted by Crippen LogP contribution is -2.54.